The highest BCUT2D eigenvalue weighted by molar-refractivity contribution is 5.80. The molecule has 1 atom stereocenters. The Balaban J connectivity index is 2.26. The molecule has 0 N–H and O–H groups in total. The van der Waals surface area contributed by atoms with Crippen LogP contribution in [0.15, 0.2) is 18.2 Å². The Morgan fingerprint density at radius 1 is 1.65 bits per heavy atom. The van der Waals surface area contributed by atoms with Crippen LogP contribution in [-0.2, 0) is 9.53 Å². The number of aromatic nitrogens is 1. The van der Waals surface area contributed by atoms with Crippen LogP contribution in [-0.4, -0.2) is 30.6 Å². The summed E-state index contributed by atoms with van der Waals surface area (Å²) in [6, 6.07) is 6.94. The van der Waals surface area contributed by atoms with Crippen molar-refractivity contribution in [2.45, 2.75) is 18.9 Å². The fourth-order valence-corrected chi connectivity index (χ4v) is 2.07. The predicted molar refractivity (Wildman–Crippen MR) is 61.3 cm³/mol. The van der Waals surface area contributed by atoms with E-state index in [0.717, 1.165) is 19.4 Å². The summed E-state index contributed by atoms with van der Waals surface area (Å²) in [5.41, 5.74) is 0.359. The van der Waals surface area contributed by atoms with Gasteiger partial charge in [0.1, 0.15) is 23.6 Å². The number of hydrogen-bond donors (Lipinski definition) is 0. The first-order chi connectivity index (χ1) is 8.26. The van der Waals surface area contributed by atoms with E-state index in [-0.39, 0.29) is 12.0 Å². The number of methoxy groups -OCH3 is 1. The van der Waals surface area contributed by atoms with Gasteiger partial charge in [-0.15, -0.1) is 0 Å². The number of carbonyl (C=O) groups is 1. The lowest BCUT2D eigenvalue weighted by molar-refractivity contribution is -0.141. The molecular formula is C12H13N3O2. The molecule has 1 aromatic heterocycles. The predicted octanol–water partition coefficient (Wildman–Crippen LogP) is 1.10. The third-order valence-corrected chi connectivity index (χ3v) is 2.87. The third-order valence-electron chi connectivity index (χ3n) is 2.87. The molecule has 17 heavy (non-hydrogen) atoms. The summed E-state index contributed by atoms with van der Waals surface area (Å²) >= 11 is 0. The molecular weight excluding hydrogens is 218 g/mol. The number of pyridine rings is 1. The first kappa shape index (κ1) is 11.4. The summed E-state index contributed by atoms with van der Waals surface area (Å²) in [4.78, 5) is 17.7. The maximum atomic E-state index is 11.6. The lowest BCUT2D eigenvalue weighted by Crippen LogP contribution is -2.37. The van der Waals surface area contributed by atoms with Crippen LogP contribution in [0.25, 0.3) is 0 Å². The van der Waals surface area contributed by atoms with Crippen molar-refractivity contribution in [1.82, 2.24) is 4.98 Å². The minimum atomic E-state index is -0.276. The van der Waals surface area contributed by atoms with Crippen LogP contribution in [0.1, 0.15) is 18.5 Å². The summed E-state index contributed by atoms with van der Waals surface area (Å²) in [6.45, 7) is 0.766. The normalized spacial score (nSPS) is 18.8. The van der Waals surface area contributed by atoms with Gasteiger partial charge in [-0.25, -0.2) is 9.78 Å². The van der Waals surface area contributed by atoms with E-state index >= 15 is 0 Å². The van der Waals surface area contributed by atoms with Crippen LogP contribution in [0, 0.1) is 11.3 Å². The van der Waals surface area contributed by atoms with Crippen LogP contribution in [0.4, 0.5) is 5.82 Å². The van der Waals surface area contributed by atoms with Crippen molar-refractivity contribution in [2.24, 2.45) is 0 Å². The van der Waals surface area contributed by atoms with Gasteiger partial charge in [0.15, 0.2) is 0 Å². The highest BCUT2D eigenvalue weighted by Gasteiger charge is 2.32. The summed E-state index contributed by atoms with van der Waals surface area (Å²) < 4.78 is 4.77. The van der Waals surface area contributed by atoms with Gasteiger partial charge < -0.3 is 9.64 Å². The second-order valence-corrected chi connectivity index (χ2v) is 3.87. The van der Waals surface area contributed by atoms with Crippen LogP contribution >= 0.6 is 0 Å². The first-order valence-electron chi connectivity index (χ1n) is 5.48. The molecule has 0 aliphatic carbocycles. The number of hydrogen-bond acceptors (Lipinski definition) is 5. The van der Waals surface area contributed by atoms with Gasteiger partial charge in [-0.2, -0.15) is 5.26 Å². The minimum Gasteiger partial charge on any atom is -0.467 e. The maximum Gasteiger partial charge on any atom is 0.328 e. The van der Waals surface area contributed by atoms with Gasteiger partial charge in [-0.3, -0.25) is 0 Å². The van der Waals surface area contributed by atoms with Crippen molar-refractivity contribution >= 4 is 11.8 Å². The molecule has 2 heterocycles. The molecule has 88 valence electrons. The van der Waals surface area contributed by atoms with E-state index < -0.39 is 0 Å². The molecule has 1 aromatic rings. The molecule has 1 fully saturated rings. The molecule has 1 aliphatic rings. The Bertz CT molecular complexity index is 467. The van der Waals surface area contributed by atoms with E-state index in [1.54, 1.807) is 12.1 Å². The topological polar surface area (TPSA) is 66.2 Å². The highest BCUT2D eigenvalue weighted by atomic mass is 16.5. The van der Waals surface area contributed by atoms with Gasteiger partial charge in [0, 0.05) is 6.54 Å². The van der Waals surface area contributed by atoms with Gasteiger partial charge >= 0.3 is 5.97 Å². The summed E-state index contributed by atoms with van der Waals surface area (Å²) in [5.74, 6) is 0.420. The standard InChI is InChI=1S/C12H13N3O2/c1-17-12(16)10-5-3-7-15(10)11-6-2-4-9(8-13)14-11/h2,4,6,10H,3,5,7H2,1H3. The largest absolute Gasteiger partial charge is 0.467 e. The zero-order valence-electron chi connectivity index (χ0n) is 9.59. The third kappa shape index (κ3) is 2.21. The van der Waals surface area contributed by atoms with Crippen molar-refractivity contribution in [3.63, 3.8) is 0 Å². The smallest absolute Gasteiger partial charge is 0.328 e. The summed E-state index contributed by atoms with van der Waals surface area (Å²) in [6.07, 6.45) is 1.70. The lowest BCUT2D eigenvalue weighted by atomic mass is 10.2. The number of carbonyl (C=O) groups excluding carboxylic acids is 1. The second kappa shape index (κ2) is 4.83. The Labute approximate surface area is 99.6 Å². The van der Waals surface area contributed by atoms with Gasteiger partial charge in [-0.1, -0.05) is 6.07 Å². The molecule has 1 unspecified atom stereocenters. The van der Waals surface area contributed by atoms with Gasteiger partial charge in [0.05, 0.1) is 7.11 Å². The van der Waals surface area contributed by atoms with Crippen molar-refractivity contribution in [3.8, 4) is 6.07 Å². The minimum absolute atomic E-state index is 0.244. The van der Waals surface area contributed by atoms with Gasteiger partial charge in [0.2, 0.25) is 0 Å². The van der Waals surface area contributed by atoms with Crippen molar-refractivity contribution in [2.75, 3.05) is 18.6 Å². The second-order valence-electron chi connectivity index (χ2n) is 3.87. The molecule has 1 saturated heterocycles. The number of nitrogens with zero attached hydrogens (tertiary/aromatic N) is 3. The number of ether oxygens (including phenoxy) is 1. The molecule has 5 heteroatoms. The molecule has 0 aromatic carbocycles. The van der Waals surface area contributed by atoms with E-state index in [4.69, 9.17) is 10.00 Å². The Kier molecular flexibility index (Phi) is 3.24. The molecule has 0 spiro atoms. The molecule has 0 amide bonds. The molecule has 2 rings (SSSR count). The monoisotopic (exact) mass is 231 g/mol. The fraction of sp³-hybridized carbons (Fsp3) is 0.417. The molecule has 0 saturated carbocycles. The fourth-order valence-electron chi connectivity index (χ4n) is 2.07. The molecule has 5 nitrogen and oxygen atoms in total. The molecule has 0 bridgehead atoms. The highest BCUT2D eigenvalue weighted by Crippen LogP contribution is 2.24. The van der Waals surface area contributed by atoms with Crippen LogP contribution in [0.2, 0.25) is 0 Å². The summed E-state index contributed by atoms with van der Waals surface area (Å²) in [7, 11) is 1.39. The lowest BCUT2D eigenvalue weighted by Gasteiger charge is -2.23. The molecule has 0 radical (unpaired) electrons. The zero-order valence-corrected chi connectivity index (χ0v) is 9.59. The SMILES string of the molecule is COC(=O)C1CCCN1c1cccc(C#N)n1. The number of rotatable bonds is 2. The van der Waals surface area contributed by atoms with Gasteiger partial charge in [-0.05, 0) is 25.0 Å². The van der Waals surface area contributed by atoms with Gasteiger partial charge in [0.25, 0.3) is 0 Å². The van der Waals surface area contributed by atoms with E-state index in [1.807, 2.05) is 17.0 Å². The van der Waals surface area contributed by atoms with E-state index in [2.05, 4.69) is 4.98 Å². The summed E-state index contributed by atoms with van der Waals surface area (Å²) in [5, 5.41) is 8.80. The van der Waals surface area contributed by atoms with Crippen LogP contribution < -0.4 is 4.90 Å². The van der Waals surface area contributed by atoms with E-state index in [9.17, 15) is 4.79 Å². The quantitative estimate of drug-likeness (QED) is 0.713. The molecule has 1 aliphatic heterocycles. The number of nitriles is 1. The van der Waals surface area contributed by atoms with Crippen molar-refractivity contribution in [3.05, 3.63) is 23.9 Å². The average Bonchev–Trinajstić information content (AvgIpc) is 2.87. The van der Waals surface area contributed by atoms with Crippen LogP contribution in [0.5, 0.6) is 0 Å². The Hall–Kier alpha value is -2.09. The Morgan fingerprint density at radius 3 is 3.18 bits per heavy atom. The van der Waals surface area contributed by atoms with E-state index in [0.29, 0.717) is 11.5 Å². The van der Waals surface area contributed by atoms with E-state index in [1.165, 1.54) is 7.11 Å². The zero-order chi connectivity index (χ0) is 12.3. The average molecular weight is 231 g/mol. The number of anilines is 1. The maximum absolute atomic E-state index is 11.6. The first-order valence-corrected chi connectivity index (χ1v) is 5.48. The Morgan fingerprint density at radius 2 is 2.47 bits per heavy atom. The van der Waals surface area contributed by atoms with Crippen molar-refractivity contribution < 1.29 is 9.53 Å². The van der Waals surface area contributed by atoms with Crippen LogP contribution in [0.3, 0.4) is 0 Å². The van der Waals surface area contributed by atoms with Crippen molar-refractivity contribution in [1.29, 1.82) is 5.26 Å². The number of esters is 1.